The van der Waals surface area contributed by atoms with E-state index in [1.807, 2.05) is 0 Å². The van der Waals surface area contributed by atoms with Crippen molar-refractivity contribution in [2.45, 2.75) is 31.5 Å². The van der Waals surface area contributed by atoms with Crippen molar-refractivity contribution in [3.8, 4) is 5.75 Å². The molecule has 2 rings (SSSR count). The van der Waals surface area contributed by atoms with Crippen molar-refractivity contribution in [2.75, 3.05) is 13.2 Å². The van der Waals surface area contributed by atoms with Crippen LogP contribution in [0.25, 0.3) is 0 Å². The molecule has 1 saturated heterocycles. The van der Waals surface area contributed by atoms with Crippen molar-refractivity contribution in [2.24, 2.45) is 0 Å². The molecule has 1 atom stereocenters. The van der Waals surface area contributed by atoms with Gasteiger partial charge in [0.25, 0.3) is 5.91 Å². The number of alkyl halides is 3. The summed E-state index contributed by atoms with van der Waals surface area (Å²) in [5, 5.41) is 8.81. The minimum absolute atomic E-state index is 0.176. The number of likely N-dealkylation sites (tertiary alicyclic amines) is 1. The average molecular weight is 331 g/mol. The van der Waals surface area contributed by atoms with Crippen molar-refractivity contribution in [1.29, 1.82) is 0 Å². The van der Waals surface area contributed by atoms with Gasteiger partial charge in [0.05, 0.1) is 12.0 Å². The highest BCUT2D eigenvalue weighted by Gasteiger charge is 2.35. The molecule has 126 valence electrons. The third-order valence-corrected chi connectivity index (χ3v) is 3.65. The SMILES string of the molecule is O=C(O)CC1CCCN1C(=O)COc1ccccc1C(F)(F)F. The number of carboxylic acids is 1. The van der Waals surface area contributed by atoms with Gasteiger partial charge >= 0.3 is 12.1 Å². The van der Waals surface area contributed by atoms with Gasteiger partial charge in [-0.3, -0.25) is 9.59 Å². The first kappa shape index (κ1) is 17.1. The number of carbonyl (C=O) groups excluding carboxylic acids is 1. The number of para-hydroxylation sites is 1. The molecule has 8 heteroatoms. The fourth-order valence-corrected chi connectivity index (χ4v) is 2.63. The molecule has 1 fully saturated rings. The van der Waals surface area contributed by atoms with E-state index in [1.54, 1.807) is 0 Å². The zero-order chi connectivity index (χ0) is 17.0. The zero-order valence-electron chi connectivity index (χ0n) is 12.2. The lowest BCUT2D eigenvalue weighted by molar-refractivity contribution is -0.143. The summed E-state index contributed by atoms with van der Waals surface area (Å²) in [6.45, 7) is -0.162. The molecule has 1 unspecified atom stereocenters. The first-order valence-electron chi connectivity index (χ1n) is 7.09. The van der Waals surface area contributed by atoms with Crippen molar-refractivity contribution < 1.29 is 32.6 Å². The normalized spacial score (nSPS) is 18.0. The lowest BCUT2D eigenvalue weighted by atomic mass is 10.1. The number of benzene rings is 1. The van der Waals surface area contributed by atoms with Crippen LogP contribution in [0.2, 0.25) is 0 Å². The molecular formula is C15H16F3NO4. The molecule has 5 nitrogen and oxygen atoms in total. The summed E-state index contributed by atoms with van der Waals surface area (Å²) >= 11 is 0. The highest BCUT2D eigenvalue weighted by molar-refractivity contribution is 5.79. The second kappa shape index (κ2) is 6.89. The fourth-order valence-electron chi connectivity index (χ4n) is 2.63. The molecule has 1 aliphatic heterocycles. The lowest BCUT2D eigenvalue weighted by Gasteiger charge is -2.23. The van der Waals surface area contributed by atoms with E-state index < -0.39 is 42.0 Å². The molecule has 0 radical (unpaired) electrons. The van der Waals surface area contributed by atoms with Gasteiger partial charge in [-0.05, 0) is 25.0 Å². The van der Waals surface area contributed by atoms with Gasteiger partial charge in [-0.15, -0.1) is 0 Å². The highest BCUT2D eigenvalue weighted by Crippen LogP contribution is 2.35. The summed E-state index contributed by atoms with van der Waals surface area (Å²) in [7, 11) is 0. The smallest absolute Gasteiger partial charge is 0.419 e. The Balaban J connectivity index is 2.01. The number of carbonyl (C=O) groups is 2. The van der Waals surface area contributed by atoms with E-state index >= 15 is 0 Å². The largest absolute Gasteiger partial charge is 0.483 e. The second-order valence-corrected chi connectivity index (χ2v) is 5.26. The molecule has 1 N–H and O–H groups in total. The predicted molar refractivity (Wildman–Crippen MR) is 73.9 cm³/mol. The van der Waals surface area contributed by atoms with Crippen LogP contribution in [0.3, 0.4) is 0 Å². The lowest BCUT2D eigenvalue weighted by Crippen LogP contribution is -2.39. The standard InChI is InChI=1S/C15H16F3NO4/c16-15(17,18)11-5-1-2-6-12(11)23-9-13(20)19-7-3-4-10(19)8-14(21)22/h1-2,5-6,10H,3-4,7-9H2,(H,21,22). The molecule has 1 amide bonds. The van der Waals surface area contributed by atoms with Crippen molar-refractivity contribution in [3.63, 3.8) is 0 Å². The molecular weight excluding hydrogens is 315 g/mol. The van der Waals surface area contributed by atoms with E-state index in [2.05, 4.69) is 0 Å². The van der Waals surface area contributed by atoms with E-state index in [1.165, 1.54) is 17.0 Å². The number of halogens is 3. The molecule has 23 heavy (non-hydrogen) atoms. The van der Waals surface area contributed by atoms with Crippen LogP contribution in [0.5, 0.6) is 5.75 Å². The Morgan fingerprint density at radius 2 is 2.00 bits per heavy atom. The van der Waals surface area contributed by atoms with Gasteiger partial charge in [0.1, 0.15) is 5.75 Å². The van der Waals surface area contributed by atoms with Crippen LogP contribution in [-0.4, -0.2) is 41.1 Å². The summed E-state index contributed by atoms with van der Waals surface area (Å²) in [5.74, 6) is -1.94. The van der Waals surface area contributed by atoms with Crippen LogP contribution in [0.15, 0.2) is 24.3 Å². The van der Waals surface area contributed by atoms with Gasteiger partial charge in [0, 0.05) is 12.6 Å². The summed E-state index contributed by atoms with van der Waals surface area (Å²) in [6, 6.07) is 4.22. The monoisotopic (exact) mass is 331 g/mol. The Morgan fingerprint density at radius 3 is 2.65 bits per heavy atom. The van der Waals surface area contributed by atoms with E-state index in [0.717, 1.165) is 12.1 Å². The number of hydrogen-bond acceptors (Lipinski definition) is 3. The molecule has 1 aromatic carbocycles. The Morgan fingerprint density at radius 1 is 1.30 bits per heavy atom. The van der Waals surface area contributed by atoms with Crippen molar-refractivity contribution in [3.05, 3.63) is 29.8 Å². The van der Waals surface area contributed by atoms with Crippen LogP contribution < -0.4 is 4.74 Å². The van der Waals surface area contributed by atoms with Crippen LogP contribution >= 0.6 is 0 Å². The number of aliphatic carboxylic acids is 1. The number of hydrogen-bond donors (Lipinski definition) is 1. The van der Waals surface area contributed by atoms with Gasteiger partial charge in [0.2, 0.25) is 0 Å². The Bertz CT molecular complexity index is 588. The minimum Gasteiger partial charge on any atom is -0.483 e. The maximum Gasteiger partial charge on any atom is 0.419 e. The molecule has 1 aromatic rings. The van der Waals surface area contributed by atoms with Gasteiger partial charge < -0.3 is 14.7 Å². The maximum absolute atomic E-state index is 12.8. The van der Waals surface area contributed by atoms with Crippen LogP contribution in [-0.2, 0) is 15.8 Å². The molecule has 0 aromatic heterocycles. The fraction of sp³-hybridized carbons (Fsp3) is 0.467. The maximum atomic E-state index is 12.8. The Kier molecular flexibility index (Phi) is 5.12. The third kappa shape index (κ3) is 4.37. The van der Waals surface area contributed by atoms with Gasteiger partial charge in [-0.25, -0.2) is 0 Å². The Hall–Kier alpha value is -2.25. The molecule has 0 bridgehead atoms. The number of amides is 1. The minimum atomic E-state index is -4.57. The van der Waals surface area contributed by atoms with E-state index in [4.69, 9.17) is 9.84 Å². The molecule has 0 spiro atoms. The van der Waals surface area contributed by atoms with Crippen molar-refractivity contribution >= 4 is 11.9 Å². The molecule has 1 aliphatic rings. The van der Waals surface area contributed by atoms with E-state index in [-0.39, 0.29) is 6.42 Å². The third-order valence-electron chi connectivity index (χ3n) is 3.65. The van der Waals surface area contributed by atoms with E-state index in [9.17, 15) is 22.8 Å². The summed E-state index contributed by atoms with van der Waals surface area (Å²) in [5.41, 5.74) is -0.948. The first-order chi connectivity index (χ1) is 10.8. The highest BCUT2D eigenvalue weighted by atomic mass is 19.4. The topological polar surface area (TPSA) is 66.8 Å². The summed E-state index contributed by atoms with van der Waals surface area (Å²) in [6.07, 6.45) is -3.51. The van der Waals surface area contributed by atoms with E-state index in [0.29, 0.717) is 19.4 Å². The van der Waals surface area contributed by atoms with Gasteiger partial charge in [0.15, 0.2) is 6.61 Å². The number of rotatable bonds is 5. The quantitative estimate of drug-likeness (QED) is 0.900. The predicted octanol–water partition coefficient (Wildman–Crippen LogP) is 2.55. The second-order valence-electron chi connectivity index (χ2n) is 5.26. The number of ether oxygens (including phenoxy) is 1. The number of carboxylic acid groups (broad SMARTS) is 1. The van der Waals surface area contributed by atoms with Crippen LogP contribution in [0.1, 0.15) is 24.8 Å². The number of nitrogens with zero attached hydrogens (tertiary/aromatic N) is 1. The molecule has 1 heterocycles. The Labute approximate surface area is 130 Å². The van der Waals surface area contributed by atoms with Crippen LogP contribution in [0, 0.1) is 0 Å². The molecule has 0 aliphatic carbocycles. The van der Waals surface area contributed by atoms with Crippen molar-refractivity contribution in [1.82, 2.24) is 4.90 Å². The van der Waals surface area contributed by atoms with Gasteiger partial charge in [-0.1, -0.05) is 12.1 Å². The zero-order valence-corrected chi connectivity index (χ0v) is 12.2. The summed E-state index contributed by atoms with van der Waals surface area (Å²) < 4.78 is 43.5. The summed E-state index contributed by atoms with van der Waals surface area (Å²) in [4.78, 5) is 24.2. The van der Waals surface area contributed by atoms with Gasteiger partial charge in [-0.2, -0.15) is 13.2 Å². The first-order valence-corrected chi connectivity index (χ1v) is 7.09. The average Bonchev–Trinajstić information content (AvgIpc) is 2.91. The molecule has 0 saturated carbocycles. The van der Waals surface area contributed by atoms with Crippen LogP contribution in [0.4, 0.5) is 13.2 Å².